The third-order valence-electron chi connectivity index (χ3n) is 4.15. The number of nitrogens with zero attached hydrogens (tertiary/aromatic N) is 1. The number of hydrogen-bond donors (Lipinski definition) is 5. The Bertz CT molecular complexity index is 585. The molecule has 0 spiro atoms. The first kappa shape index (κ1) is 23.9. The lowest BCUT2D eigenvalue weighted by atomic mass is 9.84. The molecule has 1 aromatic rings. The van der Waals surface area contributed by atoms with E-state index < -0.39 is 7.82 Å². The number of nitrogens with one attached hydrogen (secondary N) is 2. The maximum absolute atomic E-state index is 8.88. The first-order valence-electron chi connectivity index (χ1n) is 9.34. The fourth-order valence-corrected chi connectivity index (χ4v) is 3.03. The van der Waals surface area contributed by atoms with Crippen LogP contribution in [0.5, 0.6) is 0 Å². The van der Waals surface area contributed by atoms with Crippen LogP contribution in [0.1, 0.15) is 56.9 Å². The fraction of sp³-hybridized carbons (Fsp3) is 0.611. The van der Waals surface area contributed by atoms with Crippen molar-refractivity contribution in [1.29, 1.82) is 0 Å². The van der Waals surface area contributed by atoms with Gasteiger partial charge in [0.2, 0.25) is 0 Å². The molecule has 1 saturated carbocycles. The molecule has 0 amide bonds. The van der Waals surface area contributed by atoms with Crippen LogP contribution in [0.25, 0.3) is 0 Å². The van der Waals surface area contributed by atoms with Gasteiger partial charge in [0.25, 0.3) is 0 Å². The number of guanidine groups is 1. The Labute approximate surface area is 166 Å². The molecule has 0 atom stereocenters. The third kappa shape index (κ3) is 12.1. The average molecular weight is 420 g/mol. The number of hydrogen-bond acceptors (Lipinski definition) is 2. The van der Waals surface area contributed by atoms with E-state index >= 15 is 0 Å². The lowest BCUT2D eigenvalue weighted by Crippen LogP contribution is -2.43. The summed E-state index contributed by atoms with van der Waals surface area (Å²) < 4.78 is 8.88. The van der Waals surface area contributed by atoms with E-state index in [1.807, 2.05) is 6.92 Å². The molecule has 1 saturated heterocycles. The summed E-state index contributed by atoms with van der Waals surface area (Å²) >= 11 is 5.00. The second-order valence-electron chi connectivity index (χ2n) is 6.37. The molecular formula is C18H31ClN3O4P. The Hall–Kier alpha value is -1.11. The van der Waals surface area contributed by atoms with Crippen molar-refractivity contribution < 1.29 is 19.2 Å². The molecule has 0 radical (unpaired) electrons. The zero-order chi connectivity index (χ0) is 20.1. The van der Waals surface area contributed by atoms with Gasteiger partial charge in [-0.1, -0.05) is 38.3 Å². The summed E-state index contributed by atoms with van der Waals surface area (Å²) in [6.45, 7) is 3.93. The summed E-state index contributed by atoms with van der Waals surface area (Å²) in [5, 5.41) is 6.57. The predicted octanol–water partition coefficient (Wildman–Crippen LogP) is 3.62. The van der Waals surface area contributed by atoms with Crippen LogP contribution in [0, 0.1) is 0 Å². The molecule has 0 bridgehead atoms. The van der Waals surface area contributed by atoms with E-state index in [0.29, 0.717) is 0 Å². The number of halogens is 1. The second kappa shape index (κ2) is 13.1. The predicted molar refractivity (Wildman–Crippen MR) is 111 cm³/mol. The van der Waals surface area contributed by atoms with Crippen LogP contribution in [0.4, 0.5) is 5.69 Å². The summed E-state index contributed by atoms with van der Waals surface area (Å²) in [5.74, 6) is 2.41. The van der Waals surface area contributed by atoms with Gasteiger partial charge in [-0.15, -0.1) is 11.6 Å². The summed E-state index contributed by atoms with van der Waals surface area (Å²) in [7, 11) is -4.64. The van der Waals surface area contributed by atoms with Gasteiger partial charge in [-0.05, 0) is 42.9 Å². The first-order chi connectivity index (χ1) is 12.8. The minimum atomic E-state index is -4.64. The third-order valence-corrected chi connectivity index (χ3v) is 4.15. The maximum atomic E-state index is 8.88. The SMILES string of the molecule is CCCl.O=P(O)(O)O.c1cc(C2CCCCC2)ccc1N=C1NCCCN1. The van der Waals surface area contributed by atoms with Crippen LogP contribution >= 0.6 is 19.4 Å². The smallest absolute Gasteiger partial charge is 0.356 e. The quantitative estimate of drug-likeness (QED) is 0.369. The minimum absolute atomic E-state index is 0.722. The molecule has 1 heterocycles. The van der Waals surface area contributed by atoms with E-state index in [4.69, 9.17) is 30.8 Å². The normalized spacial score (nSPS) is 17.3. The number of phosphoric acid groups is 1. The monoisotopic (exact) mass is 419 g/mol. The van der Waals surface area contributed by atoms with Gasteiger partial charge in [0.05, 0.1) is 5.69 Å². The molecule has 5 N–H and O–H groups in total. The maximum Gasteiger partial charge on any atom is 0.466 e. The highest BCUT2D eigenvalue weighted by molar-refractivity contribution is 7.45. The van der Waals surface area contributed by atoms with E-state index in [1.165, 1.54) is 44.1 Å². The molecule has 1 aliphatic carbocycles. The van der Waals surface area contributed by atoms with Crippen molar-refractivity contribution in [3.8, 4) is 0 Å². The van der Waals surface area contributed by atoms with E-state index in [0.717, 1.165) is 36.5 Å². The van der Waals surface area contributed by atoms with Gasteiger partial charge in [0.1, 0.15) is 0 Å². The molecule has 1 aromatic carbocycles. The fourth-order valence-electron chi connectivity index (χ4n) is 3.03. The first-order valence-corrected chi connectivity index (χ1v) is 11.4. The van der Waals surface area contributed by atoms with Crippen LogP contribution in [-0.2, 0) is 4.57 Å². The van der Waals surface area contributed by atoms with Crippen molar-refractivity contribution in [2.24, 2.45) is 4.99 Å². The van der Waals surface area contributed by atoms with Crippen molar-refractivity contribution >= 4 is 31.1 Å². The number of rotatable bonds is 2. The van der Waals surface area contributed by atoms with Crippen LogP contribution in [0.15, 0.2) is 29.3 Å². The summed E-state index contributed by atoms with van der Waals surface area (Å²) in [4.78, 5) is 26.2. The van der Waals surface area contributed by atoms with Crippen molar-refractivity contribution in [2.75, 3.05) is 19.0 Å². The highest BCUT2D eigenvalue weighted by atomic mass is 35.5. The minimum Gasteiger partial charge on any atom is -0.356 e. The highest BCUT2D eigenvalue weighted by Gasteiger charge is 2.15. The Kier molecular flexibility index (Phi) is 11.6. The van der Waals surface area contributed by atoms with Crippen LogP contribution in [0.2, 0.25) is 0 Å². The molecule has 0 aromatic heterocycles. The Morgan fingerprint density at radius 2 is 1.52 bits per heavy atom. The van der Waals surface area contributed by atoms with Gasteiger partial charge in [0.15, 0.2) is 5.96 Å². The van der Waals surface area contributed by atoms with Gasteiger partial charge in [0, 0.05) is 19.0 Å². The van der Waals surface area contributed by atoms with Crippen molar-refractivity contribution in [1.82, 2.24) is 10.6 Å². The Morgan fingerprint density at radius 1 is 1.04 bits per heavy atom. The van der Waals surface area contributed by atoms with Gasteiger partial charge in [-0.2, -0.15) is 0 Å². The zero-order valence-electron chi connectivity index (χ0n) is 15.8. The zero-order valence-corrected chi connectivity index (χ0v) is 17.4. The second-order valence-corrected chi connectivity index (χ2v) is 7.94. The van der Waals surface area contributed by atoms with Gasteiger partial charge >= 0.3 is 7.82 Å². The van der Waals surface area contributed by atoms with Gasteiger partial charge in [-0.3, -0.25) is 0 Å². The highest BCUT2D eigenvalue weighted by Crippen LogP contribution is 2.33. The van der Waals surface area contributed by atoms with E-state index in [1.54, 1.807) is 0 Å². The lowest BCUT2D eigenvalue weighted by Gasteiger charge is -2.22. The van der Waals surface area contributed by atoms with E-state index in [2.05, 4.69) is 39.9 Å². The molecular weight excluding hydrogens is 389 g/mol. The molecule has 2 aliphatic rings. The van der Waals surface area contributed by atoms with Gasteiger partial charge in [-0.25, -0.2) is 9.56 Å². The number of aliphatic imine (C=N–C) groups is 1. The van der Waals surface area contributed by atoms with Gasteiger partial charge < -0.3 is 25.3 Å². The summed E-state index contributed by atoms with van der Waals surface area (Å²) in [5.41, 5.74) is 2.53. The van der Waals surface area contributed by atoms with Crippen molar-refractivity contribution in [3.63, 3.8) is 0 Å². The molecule has 0 unspecified atom stereocenters. The molecule has 154 valence electrons. The molecule has 1 aliphatic heterocycles. The molecule has 2 fully saturated rings. The molecule has 27 heavy (non-hydrogen) atoms. The molecule has 3 rings (SSSR count). The molecule has 9 heteroatoms. The average Bonchev–Trinajstić information content (AvgIpc) is 2.63. The summed E-state index contributed by atoms with van der Waals surface area (Å²) in [6.07, 6.45) is 8.08. The topological polar surface area (TPSA) is 114 Å². The van der Waals surface area contributed by atoms with Crippen molar-refractivity contribution in [2.45, 2.75) is 51.4 Å². The van der Waals surface area contributed by atoms with Crippen LogP contribution < -0.4 is 10.6 Å². The Balaban J connectivity index is 0.000000390. The molecule has 7 nitrogen and oxygen atoms in total. The number of alkyl halides is 1. The van der Waals surface area contributed by atoms with E-state index in [-0.39, 0.29) is 0 Å². The van der Waals surface area contributed by atoms with Crippen molar-refractivity contribution in [3.05, 3.63) is 29.8 Å². The lowest BCUT2D eigenvalue weighted by molar-refractivity contribution is 0.275. The van der Waals surface area contributed by atoms with Crippen LogP contribution in [0.3, 0.4) is 0 Å². The largest absolute Gasteiger partial charge is 0.466 e. The summed E-state index contributed by atoms with van der Waals surface area (Å²) in [6, 6.07) is 8.82. The Morgan fingerprint density at radius 3 is 2.00 bits per heavy atom. The standard InChI is InChI=1S/C16H23N3.C2H5Cl.H3O4P/c1-2-5-13(6-3-1)14-7-9-15(10-8-14)19-16-17-11-4-12-18-16;1-2-3;1-5(2,3)4/h7-10,13H,1-6,11-12H2,(H2,17,18,19);2H2,1H3;(H3,1,2,3,4). The van der Waals surface area contributed by atoms with Crippen LogP contribution in [-0.4, -0.2) is 39.6 Å². The number of benzene rings is 1. The van der Waals surface area contributed by atoms with E-state index in [9.17, 15) is 0 Å².